The van der Waals surface area contributed by atoms with Crippen LogP contribution in [0.3, 0.4) is 0 Å². The van der Waals surface area contributed by atoms with Gasteiger partial charge in [-0.3, -0.25) is 4.98 Å². The number of nitrogens with zero attached hydrogens (tertiary/aromatic N) is 1. The molecule has 1 aliphatic rings. The zero-order chi connectivity index (χ0) is 10.9. The number of thioether (sulfide) groups is 1. The molecule has 0 amide bonds. The Bertz CT molecular complexity index is 330. The second kappa shape index (κ2) is 4.02. The molecule has 1 aliphatic heterocycles. The van der Waals surface area contributed by atoms with E-state index in [2.05, 4.69) is 10.3 Å². The quantitative estimate of drug-likeness (QED) is 0.807. The Morgan fingerprint density at radius 3 is 2.67 bits per heavy atom. The topological polar surface area (TPSA) is 24.9 Å². The highest BCUT2D eigenvalue weighted by Gasteiger charge is 2.31. The average Bonchev–Trinajstić information content (AvgIpc) is 2.69. The minimum absolute atomic E-state index is 0.173. The van der Waals surface area contributed by atoms with Crippen molar-refractivity contribution in [3.05, 3.63) is 29.6 Å². The summed E-state index contributed by atoms with van der Waals surface area (Å²) in [5, 5.41) is 3.29. The lowest BCUT2D eigenvalue weighted by Crippen LogP contribution is -2.10. The maximum atomic E-state index is 12.2. The van der Waals surface area contributed by atoms with E-state index in [0.29, 0.717) is 5.69 Å². The molecule has 1 aromatic rings. The smallest absolute Gasteiger partial charge is 0.306 e. The zero-order valence-electron chi connectivity index (χ0n) is 7.71. The summed E-state index contributed by atoms with van der Waals surface area (Å²) in [6.07, 6.45) is -3.40. The summed E-state index contributed by atoms with van der Waals surface area (Å²) in [5.74, 6) is 0.827. The highest BCUT2D eigenvalue weighted by Crippen LogP contribution is 2.32. The van der Waals surface area contributed by atoms with Gasteiger partial charge in [-0.05, 0) is 12.1 Å². The highest BCUT2D eigenvalue weighted by atomic mass is 32.2. The van der Waals surface area contributed by atoms with Gasteiger partial charge >= 0.3 is 6.18 Å². The molecule has 82 valence electrons. The van der Waals surface area contributed by atoms with Crippen LogP contribution in [0, 0.1) is 0 Å². The van der Waals surface area contributed by atoms with Crippen LogP contribution in [0.5, 0.6) is 0 Å². The van der Waals surface area contributed by atoms with E-state index < -0.39 is 11.7 Å². The first kappa shape index (κ1) is 10.8. The average molecular weight is 234 g/mol. The monoisotopic (exact) mass is 234 g/mol. The summed E-state index contributed by atoms with van der Waals surface area (Å²) in [5.41, 5.74) is 0.0141. The second-order valence-electron chi connectivity index (χ2n) is 3.22. The van der Waals surface area contributed by atoms with Crippen LogP contribution in [0.15, 0.2) is 18.3 Å². The number of hydrogen-bond donors (Lipinski definition) is 1. The summed E-state index contributed by atoms with van der Waals surface area (Å²) >= 11 is 1.65. The molecule has 0 aromatic carbocycles. The van der Waals surface area contributed by atoms with Crippen LogP contribution in [-0.2, 0) is 6.18 Å². The minimum Gasteiger partial charge on any atom is -0.306 e. The molecule has 2 nitrogen and oxygen atoms in total. The molecule has 0 spiro atoms. The number of pyridine rings is 1. The van der Waals surface area contributed by atoms with E-state index in [1.165, 1.54) is 6.07 Å². The van der Waals surface area contributed by atoms with Crippen LogP contribution in [0.4, 0.5) is 13.2 Å². The molecule has 6 heteroatoms. The van der Waals surface area contributed by atoms with Crippen molar-refractivity contribution in [1.82, 2.24) is 10.3 Å². The van der Waals surface area contributed by atoms with Crippen LogP contribution >= 0.6 is 11.8 Å². The number of nitrogens with one attached hydrogen (secondary N) is 1. The lowest BCUT2D eigenvalue weighted by atomic mass is 10.2. The number of halogens is 3. The molecule has 2 heterocycles. The third kappa shape index (κ3) is 2.43. The Kier molecular flexibility index (Phi) is 2.88. The van der Waals surface area contributed by atoms with Gasteiger partial charge < -0.3 is 5.32 Å². The standard InChI is InChI=1S/C9H9F3N2S/c10-9(11,12)6-1-2-7(14-3-6)8-4-13-5-15-8/h1-3,8,13H,4-5H2. The van der Waals surface area contributed by atoms with Crippen molar-refractivity contribution in [1.29, 1.82) is 0 Å². The molecule has 0 saturated carbocycles. The number of hydrogen-bond acceptors (Lipinski definition) is 3. The van der Waals surface area contributed by atoms with E-state index in [9.17, 15) is 13.2 Å². The third-order valence-corrected chi connectivity index (χ3v) is 3.34. The Morgan fingerprint density at radius 1 is 1.40 bits per heavy atom. The Labute approximate surface area is 89.3 Å². The maximum Gasteiger partial charge on any atom is 0.417 e. The van der Waals surface area contributed by atoms with Crippen LogP contribution in [0.2, 0.25) is 0 Å². The summed E-state index contributed by atoms with van der Waals surface area (Å²) < 4.78 is 36.7. The molecular weight excluding hydrogens is 225 g/mol. The van der Waals surface area contributed by atoms with Gasteiger partial charge in [-0.1, -0.05) is 0 Å². The summed E-state index contributed by atoms with van der Waals surface area (Å²) in [4.78, 5) is 3.85. The van der Waals surface area contributed by atoms with Crippen LogP contribution in [-0.4, -0.2) is 17.4 Å². The van der Waals surface area contributed by atoms with Crippen molar-refractivity contribution in [2.24, 2.45) is 0 Å². The van der Waals surface area contributed by atoms with Crippen LogP contribution in [0.25, 0.3) is 0 Å². The van der Waals surface area contributed by atoms with Crippen molar-refractivity contribution in [2.45, 2.75) is 11.4 Å². The van der Waals surface area contributed by atoms with Crippen molar-refractivity contribution in [2.75, 3.05) is 12.4 Å². The maximum absolute atomic E-state index is 12.2. The molecule has 0 bridgehead atoms. The number of rotatable bonds is 1. The molecular formula is C9H9F3N2S. The first-order valence-corrected chi connectivity index (χ1v) is 5.48. The second-order valence-corrected chi connectivity index (χ2v) is 4.41. The molecule has 15 heavy (non-hydrogen) atoms. The van der Waals surface area contributed by atoms with Gasteiger partial charge in [0.2, 0.25) is 0 Å². The minimum atomic E-state index is -4.30. The molecule has 1 unspecified atom stereocenters. The molecule has 1 fully saturated rings. The molecule has 1 N–H and O–H groups in total. The fraction of sp³-hybridized carbons (Fsp3) is 0.444. The molecule has 2 rings (SSSR count). The lowest BCUT2D eigenvalue weighted by molar-refractivity contribution is -0.137. The molecule has 1 aromatic heterocycles. The van der Waals surface area contributed by atoms with Gasteiger partial charge in [0.05, 0.1) is 16.5 Å². The van der Waals surface area contributed by atoms with Gasteiger partial charge in [0, 0.05) is 18.6 Å². The van der Waals surface area contributed by atoms with E-state index in [1.54, 1.807) is 11.8 Å². The Hall–Kier alpha value is -0.750. The van der Waals surface area contributed by atoms with E-state index in [1.807, 2.05) is 0 Å². The fourth-order valence-electron chi connectivity index (χ4n) is 1.36. The number of aromatic nitrogens is 1. The van der Waals surface area contributed by atoms with E-state index in [0.717, 1.165) is 24.7 Å². The first-order chi connectivity index (χ1) is 7.07. The summed E-state index contributed by atoms with van der Waals surface area (Å²) in [7, 11) is 0. The first-order valence-electron chi connectivity index (χ1n) is 4.43. The van der Waals surface area contributed by atoms with Crippen LogP contribution in [0.1, 0.15) is 16.5 Å². The zero-order valence-corrected chi connectivity index (χ0v) is 8.53. The lowest BCUT2D eigenvalue weighted by Gasteiger charge is -2.09. The number of alkyl halides is 3. The molecule has 1 atom stereocenters. The summed E-state index contributed by atoms with van der Waals surface area (Å²) in [6, 6.07) is 2.54. The SMILES string of the molecule is FC(F)(F)c1ccc(C2CNCS2)nc1. The van der Waals surface area contributed by atoms with Gasteiger partial charge in [0.25, 0.3) is 0 Å². The van der Waals surface area contributed by atoms with Crippen LogP contribution < -0.4 is 5.32 Å². The Morgan fingerprint density at radius 2 is 2.20 bits per heavy atom. The molecule has 1 saturated heterocycles. The van der Waals surface area contributed by atoms with E-state index in [-0.39, 0.29) is 5.25 Å². The van der Waals surface area contributed by atoms with Crippen molar-refractivity contribution in [3.8, 4) is 0 Å². The van der Waals surface area contributed by atoms with Gasteiger partial charge in [0.15, 0.2) is 0 Å². The molecule has 0 radical (unpaired) electrons. The largest absolute Gasteiger partial charge is 0.417 e. The Balaban J connectivity index is 2.16. The fourth-order valence-corrected chi connectivity index (χ4v) is 2.34. The van der Waals surface area contributed by atoms with Crippen molar-refractivity contribution < 1.29 is 13.2 Å². The van der Waals surface area contributed by atoms with Crippen molar-refractivity contribution >= 4 is 11.8 Å². The van der Waals surface area contributed by atoms with Gasteiger partial charge in [0.1, 0.15) is 0 Å². The predicted octanol–water partition coefficient (Wildman–Crippen LogP) is 2.44. The molecule has 0 aliphatic carbocycles. The highest BCUT2D eigenvalue weighted by molar-refractivity contribution is 7.99. The normalized spacial score (nSPS) is 21.9. The van der Waals surface area contributed by atoms with E-state index in [4.69, 9.17) is 0 Å². The van der Waals surface area contributed by atoms with Gasteiger partial charge in [-0.15, -0.1) is 11.8 Å². The van der Waals surface area contributed by atoms with Crippen molar-refractivity contribution in [3.63, 3.8) is 0 Å². The van der Waals surface area contributed by atoms with E-state index >= 15 is 0 Å². The predicted molar refractivity (Wildman–Crippen MR) is 52.4 cm³/mol. The third-order valence-electron chi connectivity index (χ3n) is 2.16. The van der Waals surface area contributed by atoms with Gasteiger partial charge in [-0.2, -0.15) is 13.2 Å². The van der Waals surface area contributed by atoms with Gasteiger partial charge in [-0.25, -0.2) is 0 Å². The summed E-state index contributed by atoms with van der Waals surface area (Å²) in [6.45, 7) is 0.767.